The van der Waals surface area contributed by atoms with Crippen molar-refractivity contribution in [1.29, 1.82) is 0 Å². The summed E-state index contributed by atoms with van der Waals surface area (Å²) in [5.74, 6) is -1.90. The summed E-state index contributed by atoms with van der Waals surface area (Å²) in [4.78, 5) is 28.6. The van der Waals surface area contributed by atoms with Crippen LogP contribution in [0.25, 0.3) is 0 Å². The molecule has 8 heteroatoms. The first-order valence-corrected chi connectivity index (χ1v) is 13.8. The summed E-state index contributed by atoms with van der Waals surface area (Å²) in [6, 6.07) is 11.0. The van der Waals surface area contributed by atoms with Crippen molar-refractivity contribution >= 4 is 11.9 Å². The van der Waals surface area contributed by atoms with Crippen molar-refractivity contribution in [3.8, 4) is 0 Å². The molecule has 4 rings (SSSR count). The van der Waals surface area contributed by atoms with Crippen LogP contribution in [-0.4, -0.2) is 34.0 Å². The van der Waals surface area contributed by atoms with Crippen molar-refractivity contribution in [3.63, 3.8) is 0 Å². The second kappa shape index (κ2) is 11.3. The van der Waals surface area contributed by atoms with E-state index in [2.05, 4.69) is 5.32 Å². The largest absolute Gasteiger partial charge is 0.480 e. The van der Waals surface area contributed by atoms with Crippen LogP contribution in [-0.2, 0) is 22.3 Å². The molecule has 2 N–H and O–H groups in total. The summed E-state index contributed by atoms with van der Waals surface area (Å²) >= 11 is 0. The summed E-state index contributed by atoms with van der Waals surface area (Å²) in [6.45, 7) is 7.78. The molecule has 0 bridgehead atoms. The summed E-state index contributed by atoms with van der Waals surface area (Å²) in [5, 5.41) is 14.0. The van der Waals surface area contributed by atoms with Crippen molar-refractivity contribution in [1.82, 2.24) is 10.2 Å². The summed E-state index contributed by atoms with van der Waals surface area (Å²) in [5.41, 5.74) is 0.784. The van der Waals surface area contributed by atoms with E-state index in [0.29, 0.717) is 11.1 Å². The van der Waals surface area contributed by atoms with Gasteiger partial charge >= 0.3 is 12.1 Å². The molecule has 4 atom stereocenters. The lowest BCUT2D eigenvalue weighted by atomic mass is 9.72. The SMILES string of the molecule is Cc1ccc(C(F)(F)F)cc1CNC1C(c2ccccc2)N(C(=O)C2CCCCC2)C(C(=O)O)C1C(C)(C)C. The fourth-order valence-corrected chi connectivity index (χ4v) is 6.55. The van der Waals surface area contributed by atoms with E-state index in [1.165, 1.54) is 6.07 Å². The number of nitrogens with zero attached hydrogens (tertiary/aromatic N) is 1. The fraction of sp³-hybridized carbons (Fsp3) is 0.548. The van der Waals surface area contributed by atoms with Gasteiger partial charge in [-0.25, -0.2) is 4.79 Å². The monoisotopic (exact) mass is 544 g/mol. The average Bonchev–Trinajstić information content (AvgIpc) is 3.24. The number of benzene rings is 2. The Hall–Kier alpha value is -2.87. The van der Waals surface area contributed by atoms with Gasteiger partial charge in [-0.3, -0.25) is 4.79 Å². The number of nitrogens with one attached hydrogen (secondary N) is 1. The first kappa shape index (κ1) is 29.1. The molecule has 1 aliphatic carbocycles. The normalized spacial score (nSPS) is 24.6. The molecule has 0 radical (unpaired) electrons. The molecular weight excluding hydrogens is 505 g/mol. The van der Waals surface area contributed by atoms with Crippen LogP contribution in [0.2, 0.25) is 0 Å². The van der Waals surface area contributed by atoms with E-state index in [-0.39, 0.29) is 18.4 Å². The molecule has 0 aromatic heterocycles. The van der Waals surface area contributed by atoms with E-state index in [1.54, 1.807) is 11.8 Å². The molecule has 5 nitrogen and oxygen atoms in total. The van der Waals surface area contributed by atoms with Crippen LogP contribution in [0.3, 0.4) is 0 Å². The molecule has 2 fully saturated rings. The Bertz CT molecular complexity index is 1170. The van der Waals surface area contributed by atoms with Gasteiger partial charge in [0.05, 0.1) is 11.6 Å². The Balaban J connectivity index is 1.80. The minimum absolute atomic E-state index is 0.119. The van der Waals surface area contributed by atoms with Gasteiger partial charge in [0.2, 0.25) is 5.91 Å². The van der Waals surface area contributed by atoms with Crippen LogP contribution >= 0.6 is 0 Å². The predicted molar refractivity (Wildman–Crippen MR) is 144 cm³/mol. The topological polar surface area (TPSA) is 69.6 Å². The van der Waals surface area contributed by atoms with Crippen molar-refractivity contribution in [2.45, 2.75) is 90.6 Å². The molecule has 1 amide bonds. The van der Waals surface area contributed by atoms with Crippen LogP contribution in [0, 0.1) is 24.2 Å². The molecule has 212 valence electrons. The summed E-state index contributed by atoms with van der Waals surface area (Å²) < 4.78 is 40.4. The second-order valence-electron chi connectivity index (χ2n) is 12.2. The van der Waals surface area contributed by atoms with Crippen molar-refractivity contribution in [2.24, 2.45) is 17.3 Å². The van der Waals surface area contributed by atoms with Crippen LogP contribution in [0.15, 0.2) is 48.5 Å². The van der Waals surface area contributed by atoms with Crippen molar-refractivity contribution in [3.05, 3.63) is 70.8 Å². The number of carboxylic acid groups (broad SMARTS) is 1. The van der Waals surface area contributed by atoms with Crippen LogP contribution in [0.4, 0.5) is 13.2 Å². The minimum Gasteiger partial charge on any atom is -0.480 e. The zero-order valence-corrected chi connectivity index (χ0v) is 23.1. The van der Waals surface area contributed by atoms with Gasteiger partial charge < -0.3 is 15.3 Å². The third kappa shape index (κ3) is 6.16. The zero-order chi connectivity index (χ0) is 28.5. The van der Waals surface area contributed by atoms with E-state index in [1.807, 2.05) is 51.1 Å². The lowest BCUT2D eigenvalue weighted by Crippen LogP contribution is -2.49. The Morgan fingerprint density at radius 1 is 1.00 bits per heavy atom. The fourth-order valence-electron chi connectivity index (χ4n) is 6.55. The molecule has 1 saturated heterocycles. The Morgan fingerprint density at radius 3 is 2.21 bits per heavy atom. The minimum atomic E-state index is -4.46. The Labute approximate surface area is 228 Å². The van der Waals surface area contributed by atoms with E-state index < -0.39 is 47.2 Å². The lowest BCUT2D eigenvalue weighted by Gasteiger charge is -2.36. The molecule has 39 heavy (non-hydrogen) atoms. The number of halogens is 3. The van der Waals surface area contributed by atoms with Crippen LogP contribution in [0.5, 0.6) is 0 Å². The number of aryl methyl sites for hydroxylation is 1. The van der Waals surface area contributed by atoms with Gasteiger partial charge in [-0.2, -0.15) is 13.2 Å². The predicted octanol–water partition coefficient (Wildman–Crippen LogP) is 6.75. The second-order valence-corrected chi connectivity index (χ2v) is 12.2. The molecule has 2 aliphatic rings. The van der Waals surface area contributed by atoms with Gasteiger partial charge in [0.1, 0.15) is 6.04 Å². The highest BCUT2D eigenvalue weighted by molar-refractivity contribution is 5.87. The third-order valence-corrected chi connectivity index (χ3v) is 8.47. The molecule has 1 saturated carbocycles. The third-order valence-electron chi connectivity index (χ3n) is 8.47. The highest BCUT2D eigenvalue weighted by Gasteiger charge is 2.58. The van der Waals surface area contributed by atoms with E-state index >= 15 is 0 Å². The number of carboxylic acids is 1. The number of alkyl halides is 3. The van der Waals surface area contributed by atoms with Gasteiger partial charge in [0.25, 0.3) is 0 Å². The first-order valence-electron chi connectivity index (χ1n) is 13.8. The molecule has 1 aliphatic heterocycles. The van der Waals surface area contributed by atoms with Crippen LogP contribution in [0.1, 0.15) is 81.2 Å². The van der Waals surface area contributed by atoms with Gasteiger partial charge in [0.15, 0.2) is 0 Å². The maximum atomic E-state index is 14.1. The Kier molecular flexibility index (Phi) is 8.45. The summed E-state index contributed by atoms with van der Waals surface area (Å²) in [7, 11) is 0. The highest BCUT2D eigenvalue weighted by atomic mass is 19.4. The summed E-state index contributed by atoms with van der Waals surface area (Å²) in [6.07, 6.45) is -0.0303. The number of rotatable bonds is 6. The van der Waals surface area contributed by atoms with Crippen molar-refractivity contribution < 1.29 is 27.9 Å². The van der Waals surface area contributed by atoms with E-state index in [4.69, 9.17) is 0 Å². The number of carbonyl (C=O) groups excluding carboxylic acids is 1. The Morgan fingerprint density at radius 2 is 1.64 bits per heavy atom. The highest BCUT2D eigenvalue weighted by Crippen LogP contribution is 2.49. The molecule has 1 heterocycles. The average molecular weight is 545 g/mol. The van der Waals surface area contributed by atoms with Gasteiger partial charge in [-0.15, -0.1) is 0 Å². The zero-order valence-electron chi connectivity index (χ0n) is 23.1. The van der Waals surface area contributed by atoms with Gasteiger partial charge in [0, 0.05) is 24.4 Å². The van der Waals surface area contributed by atoms with Crippen LogP contribution < -0.4 is 5.32 Å². The first-order chi connectivity index (χ1) is 18.3. The van der Waals surface area contributed by atoms with E-state index in [9.17, 15) is 27.9 Å². The number of aliphatic carboxylic acids is 1. The maximum absolute atomic E-state index is 14.1. The number of carbonyl (C=O) groups is 2. The van der Waals surface area contributed by atoms with E-state index in [0.717, 1.165) is 49.8 Å². The molecular formula is C31H39F3N2O3. The van der Waals surface area contributed by atoms with Crippen molar-refractivity contribution in [2.75, 3.05) is 0 Å². The van der Waals surface area contributed by atoms with Gasteiger partial charge in [-0.05, 0) is 54.0 Å². The molecule has 2 aromatic carbocycles. The number of likely N-dealkylation sites (tertiary alicyclic amines) is 1. The molecule has 0 spiro atoms. The molecule has 4 unspecified atom stereocenters. The maximum Gasteiger partial charge on any atom is 0.416 e. The number of hydrogen-bond acceptors (Lipinski definition) is 3. The molecule has 2 aromatic rings. The number of amides is 1. The smallest absolute Gasteiger partial charge is 0.416 e. The lowest BCUT2D eigenvalue weighted by molar-refractivity contribution is -0.154. The van der Waals surface area contributed by atoms with Gasteiger partial charge in [-0.1, -0.05) is 76.4 Å². The standard InChI is InChI=1S/C31H39F3N2O3/c1-19-15-16-23(31(32,33)34)17-22(19)18-35-25-24(30(2,3)4)27(29(38)39)36(26(25)20-11-7-5-8-12-20)28(37)21-13-9-6-10-14-21/h5,7-8,11-12,15-17,21,24-27,35H,6,9-10,13-14,18H2,1-4H3,(H,38,39). The number of hydrogen-bond donors (Lipinski definition) is 2. The quantitative estimate of drug-likeness (QED) is 0.422.